The van der Waals surface area contributed by atoms with Gasteiger partial charge in [-0.05, 0) is 31.1 Å². The van der Waals surface area contributed by atoms with Crippen LogP contribution in [0, 0.1) is 11.8 Å². The summed E-state index contributed by atoms with van der Waals surface area (Å²) in [6.07, 6.45) is 3.74. The van der Waals surface area contributed by atoms with Crippen molar-refractivity contribution in [2.45, 2.75) is 57.7 Å². The Hall–Kier alpha value is -0.120. The van der Waals surface area contributed by atoms with Crippen molar-refractivity contribution in [3.05, 3.63) is 0 Å². The van der Waals surface area contributed by atoms with Gasteiger partial charge in [-0.1, -0.05) is 20.8 Å². The molecule has 0 aliphatic carbocycles. The first-order chi connectivity index (χ1) is 8.02. The van der Waals surface area contributed by atoms with E-state index in [2.05, 4.69) is 20.8 Å². The lowest BCUT2D eigenvalue weighted by atomic mass is 9.69. The van der Waals surface area contributed by atoms with Crippen LogP contribution >= 0.6 is 0 Å². The molecule has 2 fully saturated rings. The molecule has 2 heterocycles. The summed E-state index contributed by atoms with van der Waals surface area (Å²) in [7, 11) is 0. The van der Waals surface area contributed by atoms with Crippen LogP contribution in [0.1, 0.15) is 46.5 Å². The molecule has 0 bridgehead atoms. The summed E-state index contributed by atoms with van der Waals surface area (Å²) in [4.78, 5) is 0. The first-order valence-electron chi connectivity index (χ1n) is 6.96. The summed E-state index contributed by atoms with van der Waals surface area (Å²) >= 11 is 0. The molecule has 0 aromatic carbocycles. The van der Waals surface area contributed by atoms with Gasteiger partial charge in [-0.25, -0.2) is 0 Å². The maximum Gasteiger partial charge on any atom is 0.0940 e. The fraction of sp³-hybridized carbons (Fsp3) is 1.00. The monoisotopic (exact) mass is 242 g/mol. The molecule has 2 aliphatic heterocycles. The van der Waals surface area contributed by atoms with Crippen LogP contribution in [0.3, 0.4) is 0 Å². The first kappa shape index (κ1) is 13.3. The zero-order valence-corrected chi connectivity index (χ0v) is 11.4. The first-order valence-corrected chi connectivity index (χ1v) is 6.96. The van der Waals surface area contributed by atoms with Crippen molar-refractivity contribution < 1.29 is 14.6 Å². The molecule has 2 saturated heterocycles. The van der Waals surface area contributed by atoms with Gasteiger partial charge in [0.15, 0.2) is 0 Å². The quantitative estimate of drug-likeness (QED) is 0.825. The third-order valence-corrected chi connectivity index (χ3v) is 4.83. The van der Waals surface area contributed by atoms with Gasteiger partial charge in [-0.2, -0.15) is 0 Å². The van der Waals surface area contributed by atoms with E-state index in [1.165, 1.54) is 0 Å². The van der Waals surface area contributed by atoms with Crippen molar-refractivity contribution in [2.75, 3.05) is 19.8 Å². The molecule has 0 amide bonds. The molecular weight excluding hydrogens is 216 g/mol. The van der Waals surface area contributed by atoms with Crippen molar-refractivity contribution in [2.24, 2.45) is 11.8 Å². The van der Waals surface area contributed by atoms with Crippen LogP contribution in [0.2, 0.25) is 0 Å². The number of rotatable bonds is 3. The highest BCUT2D eigenvalue weighted by Gasteiger charge is 2.48. The van der Waals surface area contributed by atoms with Crippen LogP contribution in [0.5, 0.6) is 0 Å². The molecule has 3 unspecified atom stereocenters. The fourth-order valence-corrected chi connectivity index (χ4v) is 3.49. The molecule has 0 saturated carbocycles. The number of ether oxygens (including phenoxy) is 2. The summed E-state index contributed by atoms with van der Waals surface area (Å²) < 4.78 is 11.4. The molecule has 3 nitrogen and oxygen atoms in total. The van der Waals surface area contributed by atoms with Gasteiger partial charge in [0.1, 0.15) is 0 Å². The Morgan fingerprint density at radius 1 is 1.41 bits per heavy atom. The number of hydrogen-bond donors (Lipinski definition) is 1. The standard InChI is InChI=1S/C14H26O3/c1-4-14(15,11(2)3)12-5-7-17-13(9-12)6-8-16-10-13/h11-12,15H,4-10H2,1-3H3. The van der Waals surface area contributed by atoms with Gasteiger partial charge >= 0.3 is 0 Å². The summed E-state index contributed by atoms with van der Waals surface area (Å²) in [6, 6.07) is 0. The number of aliphatic hydroxyl groups is 1. The zero-order chi connectivity index (χ0) is 12.5. The van der Waals surface area contributed by atoms with Crippen molar-refractivity contribution in [1.82, 2.24) is 0 Å². The van der Waals surface area contributed by atoms with E-state index in [-0.39, 0.29) is 5.60 Å². The lowest BCUT2D eigenvalue weighted by molar-refractivity contribution is -0.156. The molecule has 3 heteroatoms. The second-order valence-electron chi connectivity index (χ2n) is 6.02. The normalized spacial score (nSPS) is 37.6. The molecule has 2 rings (SSSR count). The molecule has 1 N–H and O–H groups in total. The van der Waals surface area contributed by atoms with Crippen molar-refractivity contribution >= 4 is 0 Å². The Balaban J connectivity index is 2.10. The summed E-state index contributed by atoms with van der Waals surface area (Å²) in [5, 5.41) is 10.9. The van der Waals surface area contributed by atoms with Crippen molar-refractivity contribution in [3.63, 3.8) is 0 Å². The van der Waals surface area contributed by atoms with Gasteiger partial charge < -0.3 is 14.6 Å². The second kappa shape index (κ2) is 4.87. The van der Waals surface area contributed by atoms with Crippen LogP contribution < -0.4 is 0 Å². The Morgan fingerprint density at radius 2 is 2.18 bits per heavy atom. The summed E-state index contributed by atoms with van der Waals surface area (Å²) in [6.45, 7) is 8.62. The van der Waals surface area contributed by atoms with Crippen LogP contribution in [0.4, 0.5) is 0 Å². The minimum atomic E-state index is -0.542. The number of hydrogen-bond acceptors (Lipinski definition) is 3. The average molecular weight is 242 g/mol. The van der Waals surface area contributed by atoms with E-state index in [4.69, 9.17) is 9.47 Å². The molecule has 3 atom stereocenters. The topological polar surface area (TPSA) is 38.7 Å². The second-order valence-corrected chi connectivity index (χ2v) is 6.02. The van der Waals surface area contributed by atoms with E-state index in [1.54, 1.807) is 0 Å². The lowest BCUT2D eigenvalue weighted by Gasteiger charge is -2.46. The third kappa shape index (κ3) is 2.38. The average Bonchev–Trinajstić information content (AvgIpc) is 2.76. The smallest absolute Gasteiger partial charge is 0.0940 e. The molecular formula is C14H26O3. The SMILES string of the molecule is CCC(O)(C(C)C)C1CCOC2(CCOC2)C1. The van der Waals surface area contributed by atoms with Gasteiger partial charge in [0.05, 0.1) is 17.8 Å². The highest BCUT2D eigenvalue weighted by molar-refractivity contribution is 4.98. The summed E-state index contributed by atoms with van der Waals surface area (Å²) in [5.41, 5.74) is -0.639. The Bertz CT molecular complexity index is 258. The molecule has 0 aromatic rings. The fourth-order valence-electron chi connectivity index (χ4n) is 3.49. The third-order valence-electron chi connectivity index (χ3n) is 4.83. The van der Waals surface area contributed by atoms with Gasteiger partial charge in [0, 0.05) is 19.6 Å². The predicted molar refractivity (Wildman–Crippen MR) is 66.9 cm³/mol. The molecule has 2 aliphatic rings. The van der Waals surface area contributed by atoms with Crippen molar-refractivity contribution in [3.8, 4) is 0 Å². The van der Waals surface area contributed by atoms with Gasteiger partial charge in [0.25, 0.3) is 0 Å². The highest BCUT2D eigenvalue weighted by atomic mass is 16.6. The van der Waals surface area contributed by atoms with E-state index in [9.17, 15) is 5.11 Å². The van der Waals surface area contributed by atoms with E-state index >= 15 is 0 Å². The Morgan fingerprint density at radius 3 is 2.71 bits per heavy atom. The minimum absolute atomic E-state index is 0.0963. The Kier molecular flexibility index (Phi) is 3.81. The molecule has 1 spiro atoms. The maximum atomic E-state index is 10.9. The van der Waals surface area contributed by atoms with Crippen molar-refractivity contribution in [1.29, 1.82) is 0 Å². The largest absolute Gasteiger partial charge is 0.389 e. The molecule has 0 aromatic heterocycles. The van der Waals surface area contributed by atoms with Crippen LogP contribution in [0.25, 0.3) is 0 Å². The molecule has 0 radical (unpaired) electrons. The van der Waals surface area contributed by atoms with Crippen LogP contribution in [0.15, 0.2) is 0 Å². The molecule has 17 heavy (non-hydrogen) atoms. The van der Waals surface area contributed by atoms with Gasteiger partial charge in [0.2, 0.25) is 0 Å². The maximum absolute atomic E-state index is 10.9. The van der Waals surface area contributed by atoms with Crippen LogP contribution in [-0.2, 0) is 9.47 Å². The lowest BCUT2D eigenvalue weighted by Crippen LogP contribution is -2.51. The van der Waals surface area contributed by atoms with Gasteiger partial charge in [-0.15, -0.1) is 0 Å². The zero-order valence-electron chi connectivity index (χ0n) is 11.4. The highest BCUT2D eigenvalue weighted by Crippen LogP contribution is 2.43. The van der Waals surface area contributed by atoms with E-state index in [0.29, 0.717) is 18.4 Å². The Labute approximate surface area is 104 Å². The van der Waals surface area contributed by atoms with E-state index in [0.717, 1.165) is 38.9 Å². The minimum Gasteiger partial charge on any atom is -0.389 e. The predicted octanol–water partition coefficient (Wildman–Crippen LogP) is 2.37. The van der Waals surface area contributed by atoms with E-state index < -0.39 is 5.60 Å². The molecule has 100 valence electrons. The van der Waals surface area contributed by atoms with E-state index in [1.807, 2.05) is 0 Å². The summed E-state index contributed by atoms with van der Waals surface area (Å²) in [5.74, 6) is 0.651. The van der Waals surface area contributed by atoms with Gasteiger partial charge in [-0.3, -0.25) is 0 Å². The van der Waals surface area contributed by atoms with Crippen LogP contribution in [-0.4, -0.2) is 36.1 Å².